The molecule has 3 amide bonds. The zero-order valence-corrected chi connectivity index (χ0v) is 11.3. The average Bonchev–Trinajstić information content (AvgIpc) is 2.83. The third kappa shape index (κ3) is 2.58. The number of nitrogens with zero attached hydrogens (tertiary/aromatic N) is 4. The second-order valence-corrected chi connectivity index (χ2v) is 5.21. The fraction of sp³-hybridized carbons (Fsp3) is 0.636. The number of amides is 3. The maximum Gasteiger partial charge on any atom is 0.325 e. The van der Waals surface area contributed by atoms with Gasteiger partial charge in [-0.25, -0.2) is 4.79 Å². The highest BCUT2D eigenvalue weighted by Crippen LogP contribution is 2.16. The standard InChI is InChI=1S/C11H18N6O2/c1-7(12)8-6-16(15-14-8)4-5-17-9(18)11(2,3)13-10(17)19/h6-7H,4-5,12H2,1-3H3,(H,13,19). The van der Waals surface area contributed by atoms with Gasteiger partial charge in [-0.05, 0) is 20.8 Å². The Hall–Kier alpha value is -1.96. The Morgan fingerprint density at radius 2 is 2.11 bits per heavy atom. The fourth-order valence-electron chi connectivity index (χ4n) is 1.85. The van der Waals surface area contributed by atoms with Gasteiger partial charge in [0.1, 0.15) is 5.54 Å². The van der Waals surface area contributed by atoms with Crippen molar-refractivity contribution in [3.8, 4) is 0 Å². The summed E-state index contributed by atoms with van der Waals surface area (Å²) < 4.78 is 1.57. The smallest absolute Gasteiger partial charge is 0.324 e. The van der Waals surface area contributed by atoms with E-state index in [0.717, 1.165) is 0 Å². The van der Waals surface area contributed by atoms with E-state index < -0.39 is 5.54 Å². The highest BCUT2D eigenvalue weighted by molar-refractivity contribution is 6.06. The number of nitrogens with one attached hydrogen (secondary N) is 1. The van der Waals surface area contributed by atoms with E-state index in [0.29, 0.717) is 12.2 Å². The quantitative estimate of drug-likeness (QED) is 0.723. The van der Waals surface area contributed by atoms with E-state index in [1.165, 1.54) is 4.90 Å². The van der Waals surface area contributed by atoms with Crippen LogP contribution < -0.4 is 11.1 Å². The summed E-state index contributed by atoms with van der Waals surface area (Å²) in [4.78, 5) is 24.8. The van der Waals surface area contributed by atoms with Crippen LogP contribution in [-0.2, 0) is 11.3 Å². The van der Waals surface area contributed by atoms with E-state index in [9.17, 15) is 9.59 Å². The number of aromatic nitrogens is 3. The summed E-state index contributed by atoms with van der Waals surface area (Å²) >= 11 is 0. The number of hydrogen-bond donors (Lipinski definition) is 2. The summed E-state index contributed by atoms with van der Waals surface area (Å²) in [5.74, 6) is -0.231. The number of hydrogen-bond acceptors (Lipinski definition) is 5. The molecule has 1 fully saturated rings. The van der Waals surface area contributed by atoms with Gasteiger partial charge in [-0.2, -0.15) is 0 Å². The minimum Gasteiger partial charge on any atom is -0.324 e. The van der Waals surface area contributed by atoms with E-state index in [1.54, 1.807) is 24.7 Å². The molecule has 1 unspecified atom stereocenters. The molecule has 1 atom stereocenters. The van der Waals surface area contributed by atoms with Gasteiger partial charge >= 0.3 is 6.03 Å². The molecule has 8 heteroatoms. The maximum atomic E-state index is 11.9. The Morgan fingerprint density at radius 1 is 1.42 bits per heavy atom. The van der Waals surface area contributed by atoms with Crippen molar-refractivity contribution in [1.29, 1.82) is 0 Å². The molecule has 2 rings (SSSR count). The lowest BCUT2D eigenvalue weighted by molar-refractivity contribution is -0.130. The molecule has 0 spiro atoms. The van der Waals surface area contributed by atoms with Gasteiger partial charge in [0.15, 0.2) is 0 Å². The molecule has 1 aromatic heterocycles. The lowest BCUT2D eigenvalue weighted by atomic mass is 10.1. The molecule has 1 aromatic rings. The van der Waals surface area contributed by atoms with Crippen LogP contribution in [0.2, 0.25) is 0 Å². The van der Waals surface area contributed by atoms with Crippen molar-refractivity contribution in [2.75, 3.05) is 6.54 Å². The monoisotopic (exact) mass is 266 g/mol. The van der Waals surface area contributed by atoms with Gasteiger partial charge in [-0.15, -0.1) is 5.10 Å². The van der Waals surface area contributed by atoms with Gasteiger partial charge in [-0.1, -0.05) is 5.21 Å². The molecule has 1 aliphatic rings. The number of imide groups is 1. The summed E-state index contributed by atoms with van der Waals surface area (Å²) in [6, 6.07) is -0.563. The maximum absolute atomic E-state index is 11.9. The topological polar surface area (TPSA) is 106 Å². The Balaban J connectivity index is 1.99. The molecule has 1 saturated heterocycles. The minimum atomic E-state index is -0.837. The van der Waals surface area contributed by atoms with Crippen LogP contribution in [0, 0.1) is 0 Å². The molecule has 2 heterocycles. The van der Waals surface area contributed by atoms with Crippen molar-refractivity contribution >= 4 is 11.9 Å². The van der Waals surface area contributed by atoms with Gasteiger partial charge in [0.25, 0.3) is 5.91 Å². The zero-order valence-electron chi connectivity index (χ0n) is 11.3. The van der Waals surface area contributed by atoms with Crippen LogP contribution in [0.15, 0.2) is 6.20 Å². The molecule has 0 radical (unpaired) electrons. The van der Waals surface area contributed by atoms with Gasteiger partial charge in [0.05, 0.1) is 25.0 Å². The van der Waals surface area contributed by atoms with Gasteiger partial charge < -0.3 is 11.1 Å². The normalized spacial score (nSPS) is 19.7. The van der Waals surface area contributed by atoms with Crippen molar-refractivity contribution in [3.05, 3.63) is 11.9 Å². The molecule has 8 nitrogen and oxygen atoms in total. The number of carbonyl (C=O) groups is 2. The number of carbonyl (C=O) groups excluding carboxylic acids is 2. The van der Waals surface area contributed by atoms with Crippen LogP contribution in [0.25, 0.3) is 0 Å². The minimum absolute atomic E-state index is 0.190. The molecule has 0 bridgehead atoms. The van der Waals surface area contributed by atoms with Gasteiger partial charge in [0, 0.05) is 6.04 Å². The number of urea groups is 1. The van der Waals surface area contributed by atoms with Crippen LogP contribution in [0.1, 0.15) is 32.5 Å². The summed E-state index contributed by atoms with van der Waals surface area (Å²) in [7, 11) is 0. The molecule has 19 heavy (non-hydrogen) atoms. The Bertz CT molecular complexity index is 507. The highest BCUT2D eigenvalue weighted by atomic mass is 16.2. The van der Waals surface area contributed by atoms with Crippen molar-refractivity contribution < 1.29 is 9.59 Å². The second-order valence-electron chi connectivity index (χ2n) is 5.21. The third-order valence-electron chi connectivity index (χ3n) is 3.02. The van der Waals surface area contributed by atoms with E-state index in [1.807, 2.05) is 6.92 Å². The zero-order chi connectivity index (χ0) is 14.2. The molecule has 104 valence electrons. The van der Waals surface area contributed by atoms with Crippen LogP contribution in [0.4, 0.5) is 4.79 Å². The molecular formula is C11H18N6O2. The summed E-state index contributed by atoms with van der Waals surface area (Å²) in [6.07, 6.45) is 1.72. The van der Waals surface area contributed by atoms with Crippen molar-refractivity contribution in [2.45, 2.75) is 38.9 Å². The SMILES string of the molecule is CC(N)c1cn(CCN2C(=O)NC(C)(C)C2=O)nn1. The Kier molecular flexibility index (Phi) is 3.27. The largest absolute Gasteiger partial charge is 0.325 e. The molecular weight excluding hydrogens is 248 g/mol. The summed E-state index contributed by atoms with van der Waals surface area (Å²) in [5, 5.41) is 10.4. The van der Waals surface area contributed by atoms with Gasteiger partial charge in [0.2, 0.25) is 0 Å². The van der Waals surface area contributed by atoms with E-state index in [-0.39, 0.29) is 24.5 Å². The first-order valence-corrected chi connectivity index (χ1v) is 6.11. The molecule has 3 N–H and O–H groups in total. The first kappa shape index (κ1) is 13.5. The predicted molar refractivity (Wildman–Crippen MR) is 66.9 cm³/mol. The molecule has 0 aromatic carbocycles. The van der Waals surface area contributed by atoms with Crippen LogP contribution in [0.5, 0.6) is 0 Å². The van der Waals surface area contributed by atoms with Crippen molar-refractivity contribution in [1.82, 2.24) is 25.2 Å². The number of nitrogens with two attached hydrogens (primary N) is 1. The van der Waals surface area contributed by atoms with Gasteiger partial charge in [-0.3, -0.25) is 14.4 Å². The lowest BCUT2D eigenvalue weighted by Crippen LogP contribution is -2.40. The average molecular weight is 266 g/mol. The van der Waals surface area contributed by atoms with Crippen LogP contribution >= 0.6 is 0 Å². The Labute approximate surface area is 110 Å². The summed E-state index contributed by atoms with van der Waals surface area (Å²) in [5.41, 5.74) is 5.52. The fourth-order valence-corrected chi connectivity index (χ4v) is 1.85. The third-order valence-corrected chi connectivity index (χ3v) is 3.02. The van der Waals surface area contributed by atoms with E-state index in [4.69, 9.17) is 5.73 Å². The van der Waals surface area contributed by atoms with Crippen molar-refractivity contribution in [3.63, 3.8) is 0 Å². The summed E-state index contributed by atoms with van der Waals surface area (Å²) in [6.45, 7) is 5.83. The predicted octanol–water partition coefficient (Wildman–Crippen LogP) is -0.372. The first-order valence-electron chi connectivity index (χ1n) is 6.11. The molecule has 0 saturated carbocycles. The molecule has 1 aliphatic heterocycles. The molecule has 0 aliphatic carbocycles. The van der Waals surface area contributed by atoms with Crippen molar-refractivity contribution in [2.24, 2.45) is 5.73 Å². The number of rotatable bonds is 4. The van der Waals surface area contributed by atoms with Crippen LogP contribution in [0.3, 0.4) is 0 Å². The van der Waals surface area contributed by atoms with Crippen LogP contribution in [-0.4, -0.2) is 43.9 Å². The lowest BCUT2D eigenvalue weighted by Gasteiger charge is -2.15. The van der Waals surface area contributed by atoms with E-state index in [2.05, 4.69) is 15.6 Å². The Morgan fingerprint density at radius 3 is 2.58 bits per heavy atom. The first-order chi connectivity index (χ1) is 8.81. The second kappa shape index (κ2) is 4.61. The van der Waals surface area contributed by atoms with E-state index >= 15 is 0 Å². The highest BCUT2D eigenvalue weighted by Gasteiger charge is 2.43.